The molecule has 0 saturated heterocycles. The summed E-state index contributed by atoms with van der Waals surface area (Å²) in [6.45, 7) is 3.87. The van der Waals surface area contributed by atoms with Gasteiger partial charge in [-0.1, -0.05) is 6.07 Å². The molecule has 0 unspecified atom stereocenters. The molecule has 19 heavy (non-hydrogen) atoms. The number of anilines is 1. The quantitative estimate of drug-likeness (QED) is 0.920. The summed E-state index contributed by atoms with van der Waals surface area (Å²) in [5.41, 5.74) is -0.246. The van der Waals surface area contributed by atoms with Gasteiger partial charge in [0, 0.05) is 24.1 Å². The average Bonchev–Trinajstić information content (AvgIpc) is 2.75. The molecule has 0 atom stereocenters. The van der Waals surface area contributed by atoms with Gasteiger partial charge in [0.05, 0.1) is 5.56 Å². The number of alkyl halides is 3. The smallest absolute Gasteiger partial charge is 0.353 e. The van der Waals surface area contributed by atoms with Crippen LogP contribution in [0.25, 0.3) is 5.69 Å². The fraction of sp³-hybridized carbons (Fsp3) is 0.308. The number of imidazole rings is 1. The molecular weight excluding hydrogens is 255 g/mol. The van der Waals surface area contributed by atoms with Crippen molar-refractivity contribution in [3.05, 3.63) is 42.2 Å². The summed E-state index contributed by atoms with van der Waals surface area (Å²) in [7, 11) is 0. The van der Waals surface area contributed by atoms with E-state index in [0.717, 1.165) is 12.1 Å². The molecule has 102 valence electrons. The van der Waals surface area contributed by atoms with Crippen LogP contribution in [0.2, 0.25) is 0 Å². The highest BCUT2D eigenvalue weighted by molar-refractivity contribution is 5.44. The summed E-state index contributed by atoms with van der Waals surface area (Å²) in [6, 6.07) is 5.30. The molecule has 1 N–H and O–H groups in total. The zero-order chi connectivity index (χ0) is 14.0. The molecule has 0 fully saturated rings. The maximum absolute atomic E-state index is 12.7. The lowest BCUT2D eigenvalue weighted by Crippen LogP contribution is -2.14. The Bertz CT molecular complexity index is 558. The van der Waals surface area contributed by atoms with Crippen molar-refractivity contribution in [1.82, 2.24) is 9.55 Å². The predicted molar refractivity (Wildman–Crippen MR) is 67.3 cm³/mol. The fourth-order valence-electron chi connectivity index (χ4n) is 1.71. The maximum atomic E-state index is 12.7. The van der Waals surface area contributed by atoms with Crippen LogP contribution in [0.1, 0.15) is 19.4 Å². The van der Waals surface area contributed by atoms with Gasteiger partial charge in [-0.3, -0.25) is 4.57 Å². The van der Waals surface area contributed by atoms with E-state index in [1.54, 1.807) is 23.0 Å². The van der Waals surface area contributed by atoms with Gasteiger partial charge in [0.25, 0.3) is 0 Å². The molecule has 2 rings (SSSR count). The molecule has 1 aromatic heterocycles. The van der Waals surface area contributed by atoms with Crippen LogP contribution < -0.4 is 5.32 Å². The van der Waals surface area contributed by atoms with Crippen molar-refractivity contribution in [3.8, 4) is 5.69 Å². The van der Waals surface area contributed by atoms with Crippen molar-refractivity contribution >= 4 is 5.95 Å². The van der Waals surface area contributed by atoms with Crippen molar-refractivity contribution in [2.24, 2.45) is 0 Å². The van der Waals surface area contributed by atoms with E-state index in [4.69, 9.17) is 0 Å². The zero-order valence-corrected chi connectivity index (χ0v) is 10.6. The number of hydrogen-bond acceptors (Lipinski definition) is 2. The normalized spacial score (nSPS) is 11.9. The Kier molecular flexibility index (Phi) is 3.50. The molecule has 0 aliphatic carbocycles. The fourth-order valence-corrected chi connectivity index (χ4v) is 1.71. The van der Waals surface area contributed by atoms with Crippen LogP contribution in [-0.2, 0) is 6.18 Å². The second kappa shape index (κ2) is 4.95. The summed E-state index contributed by atoms with van der Waals surface area (Å²) < 4.78 is 39.6. The van der Waals surface area contributed by atoms with Gasteiger partial charge in [0.15, 0.2) is 0 Å². The molecule has 0 aliphatic heterocycles. The SMILES string of the molecule is CC(C)Nc1nccn1-c1cccc(C(F)(F)F)c1. The Morgan fingerprint density at radius 1 is 1.26 bits per heavy atom. The highest BCUT2D eigenvalue weighted by atomic mass is 19.4. The first kappa shape index (κ1) is 13.5. The van der Waals surface area contributed by atoms with E-state index in [-0.39, 0.29) is 6.04 Å². The van der Waals surface area contributed by atoms with Gasteiger partial charge in [-0.15, -0.1) is 0 Å². The average molecular weight is 269 g/mol. The highest BCUT2D eigenvalue weighted by Crippen LogP contribution is 2.30. The first-order chi connectivity index (χ1) is 8.88. The molecular formula is C13H14F3N3. The molecule has 2 aromatic rings. The number of nitrogens with zero attached hydrogens (tertiary/aromatic N) is 2. The molecule has 0 amide bonds. The summed E-state index contributed by atoms with van der Waals surface area (Å²) in [5, 5.41) is 3.08. The third kappa shape index (κ3) is 3.07. The Balaban J connectivity index is 2.40. The molecule has 0 bridgehead atoms. The lowest BCUT2D eigenvalue weighted by atomic mass is 10.2. The van der Waals surface area contributed by atoms with Gasteiger partial charge in [-0.25, -0.2) is 4.98 Å². The molecule has 3 nitrogen and oxygen atoms in total. The molecule has 0 radical (unpaired) electrons. The minimum atomic E-state index is -4.35. The molecule has 1 heterocycles. The Labute approximate surface area is 109 Å². The second-order valence-corrected chi connectivity index (χ2v) is 4.47. The third-order valence-electron chi connectivity index (χ3n) is 2.51. The van der Waals surface area contributed by atoms with Crippen LogP contribution in [-0.4, -0.2) is 15.6 Å². The monoisotopic (exact) mass is 269 g/mol. The summed E-state index contributed by atoms with van der Waals surface area (Å²) in [4.78, 5) is 4.10. The van der Waals surface area contributed by atoms with Gasteiger partial charge in [0.2, 0.25) is 5.95 Å². The minimum absolute atomic E-state index is 0.145. The number of rotatable bonds is 3. The van der Waals surface area contributed by atoms with Gasteiger partial charge >= 0.3 is 6.18 Å². The molecule has 0 aliphatic rings. The van der Waals surface area contributed by atoms with Crippen molar-refractivity contribution in [2.75, 3.05) is 5.32 Å². The highest BCUT2D eigenvalue weighted by Gasteiger charge is 2.30. The van der Waals surface area contributed by atoms with Gasteiger partial charge in [0.1, 0.15) is 0 Å². The van der Waals surface area contributed by atoms with Crippen LogP contribution in [0.5, 0.6) is 0 Å². The Morgan fingerprint density at radius 3 is 2.63 bits per heavy atom. The van der Waals surface area contributed by atoms with E-state index in [1.807, 2.05) is 13.8 Å². The lowest BCUT2D eigenvalue weighted by molar-refractivity contribution is -0.137. The first-order valence-corrected chi connectivity index (χ1v) is 5.85. The number of aromatic nitrogens is 2. The summed E-state index contributed by atoms with van der Waals surface area (Å²) in [5.74, 6) is 0.523. The molecule has 6 heteroatoms. The molecule has 0 spiro atoms. The summed E-state index contributed by atoms with van der Waals surface area (Å²) in [6.07, 6.45) is -1.17. The van der Waals surface area contributed by atoms with E-state index in [9.17, 15) is 13.2 Å². The standard InChI is InChI=1S/C13H14F3N3/c1-9(2)18-12-17-6-7-19(12)11-5-3-4-10(8-11)13(14,15)16/h3-9H,1-2H3,(H,17,18). The van der Waals surface area contributed by atoms with Crippen molar-refractivity contribution in [1.29, 1.82) is 0 Å². The maximum Gasteiger partial charge on any atom is 0.416 e. The third-order valence-corrected chi connectivity index (χ3v) is 2.51. The molecule has 1 aromatic carbocycles. The number of nitrogens with one attached hydrogen (secondary N) is 1. The topological polar surface area (TPSA) is 29.9 Å². The van der Waals surface area contributed by atoms with E-state index < -0.39 is 11.7 Å². The van der Waals surface area contributed by atoms with Crippen molar-refractivity contribution in [3.63, 3.8) is 0 Å². The van der Waals surface area contributed by atoms with Gasteiger partial charge in [-0.05, 0) is 32.0 Å². The van der Waals surface area contributed by atoms with E-state index in [1.165, 1.54) is 6.07 Å². The Morgan fingerprint density at radius 2 is 2.00 bits per heavy atom. The number of hydrogen-bond donors (Lipinski definition) is 1. The van der Waals surface area contributed by atoms with Crippen LogP contribution in [0.15, 0.2) is 36.7 Å². The predicted octanol–water partition coefficient (Wildman–Crippen LogP) is 3.71. The van der Waals surface area contributed by atoms with Crippen LogP contribution >= 0.6 is 0 Å². The van der Waals surface area contributed by atoms with E-state index in [0.29, 0.717) is 11.6 Å². The minimum Gasteiger partial charge on any atom is -0.353 e. The lowest BCUT2D eigenvalue weighted by Gasteiger charge is -2.14. The van der Waals surface area contributed by atoms with E-state index >= 15 is 0 Å². The summed E-state index contributed by atoms with van der Waals surface area (Å²) >= 11 is 0. The number of benzene rings is 1. The number of halogens is 3. The first-order valence-electron chi connectivity index (χ1n) is 5.85. The van der Waals surface area contributed by atoms with Crippen molar-refractivity contribution in [2.45, 2.75) is 26.1 Å². The largest absolute Gasteiger partial charge is 0.416 e. The molecule has 0 saturated carbocycles. The van der Waals surface area contributed by atoms with E-state index in [2.05, 4.69) is 10.3 Å². The van der Waals surface area contributed by atoms with Gasteiger partial charge < -0.3 is 5.32 Å². The van der Waals surface area contributed by atoms with Crippen LogP contribution in [0, 0.1) is 0 Å². The second-order valence-electron chi connectivity index (χ2n) is 4.47. The van der Waals surface area contributed by atoms with Gasteiger partial charge in [-0.2, -0.15) is 13.2 Å². The Hall–Kier alpha value is -1.98. The van der Waals surface area contributed by atoms with Crippen LogP contribution in [0.3, 0.4) is 0 Å². The van der Waals surface area contributed by atoms with Crippen molar-refractivity contribution < 1.29 is 13.2 Å². The zero-order valence-electron chi connectivity index (χ0n) is 10.6. The van der Waals surface area contributed by atoms with Crippen LogP contribution in [0.4, 0.5) is 19.1 Å².